The van der Waals surface area contributed by atoms with E-state index in [2.05, 4.69) is 22.4 Å². The maximum absolute atomic E-state index is 6.24. The Hall–Kier alpha value is -1.58. The Morgan fingerprint density at radius 1 is 1.37 bits per heavy atom. The Morgan fingerprint density at radius 2 is 2.26 bits per heavy atom. The maximum Gasteiger partial charge on any atom is 0.122 e. The molecule has 1 aromatic heterocycles. The van der Waals surface area contributed by atoms with Crippen LogP contribution in [0.25, 0.3) is 0 Å². The van der Waals surface area contributed by atoms with E-state index < -0.39 is 0 Å². The van der Waals surface area contributed by atoms with Gasteiger partial charge in [-0.1, -0.05) is 23.7 Å². The molecule has 0 fully saturated rings. The zero-order valence-corrected chi connectivity index (χ0v) is 11.4. The molecule has 0 saturated heterocycles. The Bertz CT molecular complexity index is 600. The van der Waals surface area contributed by atoms with Crippen LogP contribution in [0.15, 0.2) is 36.5 Å². The molecule has 1 atom stereocenters. The summed E-state index contributed by atoms with van der Waals surface area (Å²) in [6, 6.07) is 9.98. The van der Waals surface area contributed by atoms with Gasteiger partial charge in [0, 0.05) is 12.6 Å². The van der Waals surface area contributed by atoms with E-state index in [1.165, 1.54) is 5.56 Å². The summed E-state index contributed by atoms with van der Waals surface area (Å²) in [5.74, 6) is 0.991. The normalized spacial score (nSPS) is 14.8. The van der Waals surface area contributed by atoms with Crippen molar-refractivity contribution < 1.29 is 4.74 Å². The van der Waals surface area contributed by atoms with Crippen molar-refractivity contribution in [3.63, 3.8) is 0 Å². The van der Waals surface area contributed by atoms with E-state index >= 15 is 0 Å². The monoisotopic (exact) mass is 274 g/mol. The number of halogens is 1. The number of pyridine rings is 1. The summed E-state index contributed by atoms with van der Waals surface area (Å²) in [5, 5.41) is 3.96. The van der Waals surface area contributed by atoms with E-state index in [1.807, 2.05) is 25.2 Å². The fourth-order valence-electron chi connectivity index (χ4n) is 2.46. The summed E-state index contributed by atoms with van der Waals surface area (Å²) >= 11 is 6.24. The number of fused-ring (bicyclic) bond motifs is 1. The molecule has 2 heterocycles. The second-order valence-electron chi connectivity index (χ2n) is 4.56. The molecule has 1 aliphatic rings. The molecule has 98 valence electrons. The van der Waals surface area contributed by atoms with E-state index in [0.29, 0.717) is 5.02 Å². The smallest absolute Gasteiger partial charge is 0.122 e. The van der Waals surface area contributed by atoms with Crippen LogP contribution in [-0.4, -0.2) is 18.6 Å². The van der Waals surface area contributed by atoms with Crippen LogP contribution in [0, 0.1) is 0 Å². The van der Waals surface area contributed by atoms with Gasteiger partial charge in [-0.2, -0.15) is 0 Å². The minimum absolute atomic E-state index is 0.000370. The van der Waals surface area contributed by atoms with Gasteiger partial charge in [0.25, 0.3) is 0 Å². The fourth-order valence-corrected chi connectivity index (χ4v) is 2.69. The zero-order chi connectivity index (χ0) is 13.2. The van der Waals surface area contributed by atoms with E-state index in [9.17, 15) is 0 Å². The van der Waals surface area contributed by atoms with Crippen molar-refractivity contribution in [2.24, 2.45) is 0 Å². The van der Waals surface area contributed by atoms with E-state index in [4.69, 9.17) is 16.3 Å². The summed E-state index contributed by atoms with van der Waals surface area (Å²) in [6.07, 6.45) is 2.73. The first-order valence-electron chi connectivity index (χ1n) is 6.33. The van der Waals surface area contributed by atoms with Crippen molar-refractivity contribution in [1.82, 2.24) is 10.3 Å². The average molecular weight is 275 g/mol. The van der Waals surface area contributed by atoms with E-state index in [-0.39, 0.29) is 6.04 Å². The largest absolute Gasteiger partial charge is 0.493 e. The molecule has 1 unspecified atom stereocenters. The number of aromatic nitrogens is 1. The van der Waals surface area contributed by atoms with Gasteiger partial charge in [0.05, 0.1) is 23.4 Å². The predicted molar refractivity (Wildman–Crippen MR) is 75.8 cm³/mol. The molecule has 1 aromatic carbocycles. The van der Waals surface area contributed by atoms with Crippen LogP contribution in [0.2, 0.25) is 5.02 Å². The molecular weight excluding hydrogens is 260 g/mol. The van der Waals surface area contributed by atoms with E-state index in [1.54, 1.807) is 6.20 Å². The minimum Gasteiger partial charge on any atom is -0.493 e. The first-order valence-corrected chi connectivity index (χ1v) is 6.70. The average Bonchev–Trinajstić information content (AvgIpc) is 2.89. The number of hydrogen-bond acceptors (Lipinski definition) is 3. The maximum atomic E-state index is 6.24. The number of benzene rings is 1. The first-order chi connectivity index (χ1) is 9.29. The number of nitrogens with one attached hydrogen (secondary N) is 1. The molecule has 0 spiro atoms. The third-order valence-corrected chi connectivity index (χ3v) is 3.72. The highest BCUT2D eigenvalue weighted by atomic mass is 35.5. The summed E-state index contributed by atoms with van der Waals surface area (Å²) < 4.78 is 5.53. The van der Waals surface area contributed by atoms with E-state index in [0.717, 1.165) is 30.0 Å². The minimum atomic E-state index is -0.000370. The van der Waals surface area contributed by atoms with Gasteiger partial charge in [-0.3, -0.25) is 4.98 Å². The summed E-state index contributed by atoms with van der Waals surface area (Å²) in [6.45, 7) is 0.771. The standard InChI is InChI=1S/C15H15ClN2O/c1-17-14(15-12(16)3-2-7-18-15)11-4-5-13-10(9-11)6-8-19-13/h2-5,7,9,14,17H,6,8H2,1H3. The molecule has 4 heteroatoms. The van der Waals surface area contributed by atoms with Crippen LogP contribution in [0.1, 0.15) is 22.9 Å². The molecule has 19 heavy (non-hydrogen) atoms. The molecule has 0 radical (unpaired) electrons. The van der Waals surface area contributed by atoms with Gasteiger partial charge in [0.2, 0.25) is 0 Å². The van der Waals surface area contributed by atoms with Crippen LogP contribution in [0.3, 0.4) is 0 Å². The second-order valence-corrected chi connectivity index (χ2v) is 4.96. The summed E-state index contributed by atoms with van der Waals surface area (Å²) in [5.41, 5.74) is 3.27. The molecule has 1 N–H and O–H groups in total. The molecule has 1 aliphatic heterocycles. The summed E-state index contributed by atoms with van der Waals surface area (Å²) in [4.78, 5) is 4.39. The number of ether oxygens (including phenoxy) is 1. The molecule has 0 saturated carbocycles. The number of hydrogen-bond donors (Lipinski definition) is 1. The van der Waals surface area contributed by atoms with Gasteiger partial charge >= 0.3 is 0 Å². The fraction of sp³-hybridized carbons (Fsp3) is 0.267. The lowest BCUT2D eigenvalue weighted by molar-refractivity contribution is 0.357. The Labute approximate surface area is 117 Å². The highest BCUT2D eigenvalue weighted by molar-refractivity contribution is 6.31. The van der Waals surface area contributed by atoms with Crippen LogP contribution >= 0.6 is 11.6 Å². The topological polar surface area (TPSA) is 34.1 Å². The lowest BCUT2D eigenvalue weighted by atomic mass is 10.00. The lowest BCUT2D eigenvalue weighted by Gasteiger charge is -2.18. The van der Waals surface area contributed by atoms with Crippen molar-refractivity contribution in [2.75, 3.05) is 13.7 Å². The van der Waals surface area contributed by atoms with Crippen molar-refractivity contribution >= 4 is 11.6 Å². The molecule has 3 nitrogen and oxygen atoms in total. The Kier molecular flexibility index (Phi) is 3.40. The molecular formula is C15H15ClN2O. The number of rotatable bonds is 3. The molecule has 0 aliphatic carbocycles. The quantitative estimate of drug-likeness (QED) is 0.934. The molecule has 3 rings (SSSR count). The van der Waals surface area contributed by atoms with Crippen molar-refractivity contribution in [3.05, 3.63) is 58.4 Å². The van der Waals surface area contributed by atoms with Gasteiger partial charge in [-0.05, 0) is 36.4 Å². The van der Waals surface area contributed by atoms with Crippen molar-refractivity contribution in [3.8, 4) is 5.75 Å². The van der Waals surface area contributed by atoms with Gasteiger partial charge in [0.15, 0.2) is 0 Å². The summed E-state index contributed by atoms with van der Waals surface area (Å²) in [7, 11) is 1.92. The van der Waals surface area contributed by atoms with Crippen LogP contribution in [-0.2, 0) is 6.42 Å². The molecule has 0 amide bonds. The third kappa shape index (κ3) is 2.31. The highest BCUT2D eigenvalue weighted by Gasteiger charge is 2.19. The van der Waals surface area contributed by atoms with Crippen molar-refractivity contribution in [1.29, 1.82) is 0 Å². The highest BCUT2D eigenvalue weighted by Crippen LogP contribution is 2.31. The van der Waals surface area contributed by atoms with Gasteiger partial charge in [-0.15, -0.1) is 0 Å². The predicted octanol–water partition coefficient (Wildman–Crippen LogP) is 2.98. The van der Waals surface area contributed by atoms with Gasteiger partial charge < -0.3 is 10.1 Å². The Morgan fingerprint density at radius 3 is 3.05 bits per heavy atom. The zero-order valence-electron chi connectivity index (χ0n) is 10.7. The van der Waals surface area contributed by atoms with Gasteiger partial charge in [0.1, 0.15) is 5.75 Å². The Balaban J connectivity index is 2.01. The SMILES string of the molecule is CNC(c1ccc2c(c1)CCO2)c1ncccc1Cl. The number of nitrogens with zero attached hydrogens (tertiary/aromatic N) is 1. The van der Waals surface area contributed by atoms with Crippen LogP contribution < -0.4 is 10.1 Å². The van der Waals surface area contributed by atoms with Crippen molar-refractivity contribution in [2.45, 2.75) is 12.5 Å². The molecule has 2 aromatic rings. The van der Waals surface area contributed by atoms with Crippen LogP contribution in [0.4, 0.5) is 0 Å². The second kappa shape index (κ2) is 5.19. The van der Waals surface area contributed by atoms with Gasteiger partial charge in [-0.25, -0.2) is 0 Å². The third-order valence-electron chi connectivity index (χ3n) is 3.40. The lowest BCUT2D eigenvalue weighted by Crippen LogP contribution is -2.19. The first kappa shape index (κ1) is 12.5. The van der Waals surface area contributed by atoms with Crippen LogP contribution in [0.5, 0.6) is 5.75 Å². The molecule has 0 bridgehead atoms.